The molecule has 0 aromatic carbocycles. The third kappa shape index (κ3) is 3.79. The van der Waals surface area contributed by atoms with Crippen LogP contribution in [0.1, 0.15) is 18.4 Å². The standard InChI is InChI=1S/C16H24N4O3/c1-3-14-17-11(2)4-15(18-14)20-6-12-5-19(8-16(21)22)13(7-20)10-23-9-12/h4,12-13H,3,5-10H2,1-2H3,(H,21,22)/t12-,13+/m1/s1. The molecular formula is C16H24N4O3. The molecule has 1 aromatic heterocycles. The number of hydrogen-bond donors (Lipinski definition) is 1. The molecule has 1 N–H and O–H groups in total. The summed E-state index contributed by atoms with van der Waals surface area (Å²) < 4.78 is 5.73. The highest BCUT2D eigenvalue weighted by Crippen LogP contribution is 2.23. The van der Waals surface area contributed by atoms with Crippen LogP contribution in [0.15, 0.2) is 6.07 Å². The Morgan fingerprint density at radius 2 is 2.17 bits per heavy atom. The Morgan fingerprint density at radius 3 is 2.91 bits per heavy atom. The fourth-order valence-electron chi connectivity index (χ4n) is 3.42. The molecule has 2 atom stereocenters. The molecule has 23 heavy (non-hydrogen) atoms. The summed E-state index contributed by atoms with van der Waals surface area (Å²) in [5.41, 5.74) is 0.972. The quantitative estimate of drug-likeness (QED) is 0.869. The highest BCUT2D eigenvalue weighted by atomic mass is 16.5. The van der Waals surface area contributed by atoms with Crippen LogP contribution in [-0.2, 0) is 16.0 Å². The molecule has 2 fully saturated rings. The van der Waals surface area contributed by atoms with E-state index in [4.69, 9.17) is 9.84 Å². The van der Waals surface area contributed by atoms with E-state index in [-0.39, 0.29) is 12.6 Å². The summed E-state index contributed by atoms with van der Waals surface area (Å²) >= 11 is 0. The molecule has 3 rings (SSSR count). The molecule has 126 valence electrons. The summed E-state index contributed by atoms with van der Waals surface area (Å²) in [6.07, 6.45) is 0.809. The lowest BCUT2D eigenvalue weighted by molar-refractivity contribution is -0.138. The average Bonchev–Trinajstić information content (AvgIpc) is 2.75. The van der Waals surface area contributed by atoms with Crippen molar-refractivity contribution in [3.05, 3.63) is 17.6 Å². The van der Waals surface area contributed by atoms with Crippen molar-refractivity contribution >= 4 is 11.8 Å². The lowest BCUT2D eigenvalue weighted by atomic mass is 10.1. The smallest absolute Gasteiger partial charge is 0.317 e. The van der Waals surface area contributed by atoms with Crippen molar-refractivity contribution in [3.8, 4) is 0 Å². The Bertz CT molecular complexity index is 580. The van der Waals surface area contributed by atoms with Gasteiger partial charge in [-0.15, -0.1) is 0 Å². The van der Waals surface area contributed by atoms with Crippen molar-refractivity contribution in [2.45, 2.75) is 26.3 Å². The molecule has 2 bridgehead atoms. The molecular weight excluding hydrogens is 296 g/mol. The predicted octanol–water partition coefficient (Wildman–Crippen LogP) is 0.569. The summed E-state index contributed by atoms with van der Waals surface area (Å²) in [5, 5.41) is 9.15. The molecule has 1 aromatic rings. The van der Waals surface area contributed by atoms with Crippen LogP contribution < -0.4 is 4.90 Å². The Morgan fingerprint density at radius 1 is 1.35 bits per heavy atom. The lowest BCUT2D eigenvalue weighted by Gasteiger charge is -2.31. The molecule has 7 heteroatoms. The van der Waals surface area contributed by atoms with Crippen molar-refractivity contribution in [2.24, 2.45) is 5.92 Å². The predicted molar refractivity (Wildman–Crippen MR) is 85.7 cm³/mol. The molecule has 2 saturated heterocycles. The largest absolute Gasteiger partial charge is 0.480 e. The van der Waals surface area contributed by atoms with Gasteiger partial charge in [0.25, 0.3) is 0 Å². The van der Waals surface area contributed by atoms with Crippen molar-refractivity contribution in [2.75, 3.05) is 44.3 Å². The molecule has 2 aliphatic heterocycles. The molecule has 0 unspecified atom stereocenters. The zero-order chi connectivity index (χ0) is 16.4. The minimum absolute atomic E-state index is 0.0708. The van der Waals surface area contributed by atoms with Gasteiger partial charge in [0.1, 0.15) is 11.6 Å². The van der Waals surface area contributed by atoms with Gasteiger partial charge in [-0.3, -0.25) is 9.69 Å². The van der Waals surface area contributed by atoms with Crippen LogP contribution in [0.3, 0.4) is 0 Å². The minimum Gasteiger partial charge on any atom is -0.480 e. The zero-order valence-corrected chi connectivity index (χ0v) is 13.7. The van der Waals surface area contributed by atoms with Gasteiger partial charge < -0.3 is 14.7 Å². The second-order valence-corrected chi connectivity index (χ2v) is 6.42. The first-order chi connectivity index (χ1) is 11.0. The monoisotopic (exact) mass is 320 g/mol. The van der Waals surface area contributed by atoms with Crippen molar-refractivity contribution in [3.63, 3.8) is 0 Å². The fourth-order valence-corrected chi connectivity index (χ4v) is 3.42. The van der Waals surface area contributed by atoms with Crippen LogP contribution in [0.25, 0.3) is 0 Å². The van der Waals surface area contributed by atoms with Gasteiger partial charge >= 0.3 is 5.97 Å². The maximum Gasteiger partial charge on any atom is 0.317 e. The van der Waals surface area contributed by atoms with Gasteiger partial charge in [0.2, 0.25) is 0 Å². The minimum atomic E-state index is -0.782. The molecule has 2 aliphatic rings. The van der Waals surface area contributed by atoms with Crippen molar-refractivity contribution in [1.29, 1.82) is 0 Å². The van der Waals surface area contributed by atoms with E-state index in [9.17, 15) is 4.79 Å². The molecule has 0 aliphatic carbocycles. The molecule has 7 nitrogen and oxygen atoms in total. The highest BCUT2D eigenvalue weighted by Gasteiger charge is 2.34. The first kappa shape index (κ1) is 16.1. The number of aryl methyl sites for hydroxylation is 2. The summed E-state index contributed by atoms with van der Waals surface area (Å²) in [7, 11) is 0. The number of aliphatic carboxylic acids is 1. The topological polar surface area (TPSA) is 78.8 Å². The number of carbonyl (C=O) groups is 1. The number of anilines is 1. The molecule has 0 radical (unpaired) electrons. The second-order valence-electron chi connectivity index (χ2n) is 6.42. The van der Waals surface area contributed by atoms with Gasteiger partial charge in [-0.1, -0.05) is 6.92 Å². The van der Waals surface area contributed by atoms with E-state index in [1.54, 1.807) is 0 Å². The Hall–Kier alpha value is -1.73. The molecule has 0 saturated carbocycles. The molecule has 0 spiro atoms. The first-order valence-electron chi connectivity index (χ1n) is 8.18. The van der Waals surface area contributed by atoms with Crippen LogP contribution >= 0.6 is 0 Å². The van der Waals surface area contributed by atoms with E-state index in [2.05, 4.69) is 21.8 Å². The van der Waals surface area contributed by atoms with Crippen LogP contribution in [0.2, 0.25) is 0 Å². The van der Waals surface area contributed by atoms with E-state index < -0.39 is 5.97 Å². The highest BCUT2D eigenvalue weighted by molar-refractivity contribution is 5.69. The Kier molecular flexibility index (Phi) is 4.77. The van der Waals surface area contributed by atoms with E-state index in [0.717, 1.165) is 43.4 Å². The molecule has 0 amide bonds. The molecule has 3 heterocycles. The van der Waals surface area contributed by atoms with Crippen LogP contribution in [0.4, 0.5) is 5.82 Å². The number of hydrogen-bond acceptors (Lipinski definition) is 6. The maximum atomic E-state index is 11.1. The van der Waals surface area contributed by atoms with Gasteiger partial charge in [-0.25, -0.2) is 9.97 Å². The van der Waals surface area contributed by atoms with Gasteiger partial charge in [0, 0.05) is 43.7 Å². The van der Waals surface area contributed by atoms with Crippen LogP contribution in [0.5, 0.6) is 0 Å². The second kappa shape index (κ2) is 6.80. The summed E-state index contributed by atoms with van der Waals surface area (Å²) in [6.45, 7) is 7.70. The van der Waals surface area contributed by atoms with Gasteiger partial charge in [-0.05, 0) is 6.92 Å². The summed E-state index contributed by atoms with van der Waals surface area (Å²) in [5.74, 6) is 1.31. The Labute approximate surface area is 136 Å². The third-order valence-electron chi connectivity index (χ3n) is 4.45. The number of ether oxygens (including phenoxy) is 1. The van der Waals surface area contributed by atoms with Crippen LogP contribution in [-0.4, -0.2) is 71.4 Å². The number of nitrogens with zero attached hydrogens (tertiary/aromatic N) is 4. The normalized spacial score (nSPS) is 25.2. The van der Waals surface area contributed by atoms with Crippen molar-refractivity contribution in [1.82, 2.24) is 14.9 Å². The number of carboxylic acid groups (broad SMARTS) is 1. The summed E-state index contributed by atoms with van der Waals surface area (Å²) in [6, 6.07) is 2.10. The zero-order valence-electron chi connectivity index (χ0n) is 13.7. The SMILES string of the molecule is CCc1nc(C)cc(N2C[C@@H]3COC[C@H](C2)N(CC(=O)O)C3)n1. The number of aromatic nitrogens is 2. The fraction of sp³-hybridized carbons (Fsp3) is 0.688. The van der Waals surface area contributed by atoms with Gasteiger partial charge in [0.15, 0.2) is 0 Å². The summed E-state index contributed by atoms with van der Waals surface area (Å²) in [4.78, 5) is 24.6. The third-order valence-corrected chi connectivity index (χ3v) is 4.45. The van der Waals surface area contributed by atoms with E-state index in [0.29, 0.717) is 19.1 Å². The van der Waals surface area contributed by atoms with Gasteiger partial charge in [-0.2, -0.15) is 0 Å². The average molecular weight is 320 g/mol. The number of fused-ring (bicyclic) bond motifs is 3. The van der Waals surface area contributed by atoms with E-state index in [1.807, 2.05) is 17.9 Å². The maximum absolute atomic E-state index is 11.1. The van der Waals surface area contributed by atoms with Gasteiger partial charge in [0.05, 0.1) is 25.8 Å². The van der Waals surface area contributed by atoms with Crippen LogP contribution in [0, 0.1) is 12.8 Å². The van der Waals surface area contributed by atoms with E-state index >= 15 is 0 Å². The number of rotatable bonds is 4. The van der Waals surface area contributed by atoms with E-state index in [1.165, 1.54) is 0 Å². The first-order valence-corrected chi connectivity index (χ1v) is 8.18. The Balaban J connectivity index is 1.85. The van der Waals surface area contributed by atoms with Crippen molar-refractivity contribution < 1.29 is 14.6 Å². The number of carboxylic acids is 1. The lowest BCUT2D eigenvalue weighted by Crippen LogP contribution is -2.46.